The summed E-state index contributed by atoms with van der Waals surface area (Å²) >= 11 is 0. The number of likely N-dealkylation sites (tertiary alicyclic amines) is 1. The van der Waals surface area contributed by atoms with Crippen molar-refractivity contribution in [1.29, 1.82) is 0 Å². The third-order valence-electron chi connectivity index (χ3n) is 4.14. The molecule has 4 nitrogen and oxygen atoms in total. The summed E-state index contributed by atoms with van der Waals surface area (Å²) in [5.74, 6) is 1.46. The number of phenolic OH excluding ortho intramolecular Hbond substituents is 1. The summed E-state index contributed by atoms with van der Waals surface area (Å²) in [6, 6.07) is 5.81. The van der Waals surface area contributed by atoms with Gasteiger partial charge in [-0.25, -0.2) is 0 Å². The number of methoxy groups -OCH3 is 1. The number of hydrogen-bond donors (Lipinski definition) is 2. The summed E-state index contributed by atoms with van der Waals surface area (Å²) in [6.07, 6.45) is 2.60. The molecular formula is C16H26N2O2. The first-order valence-corrected chi connectivity index (χ1v) is 7.39. The zero-order valence-corrected chi connectivity index (χ0v) is 12.7. The number of hydrogen-bond acceptors (Lipinski definition) is 4. The molecule has 0 aliphatic carbocycles. The molecular weight excluding hydrogens is 252 g/mol. The maximum atomic E-state index is 9.63. The lowest BCUT2D eigenvalue weighted by atomic mass is 9.97. The Bertz CT molecular complexity index is 436. The molecule has 112 valence electrons. The van der Waals surface area contributed by atoms with E-state index in [2.05, 4.69) is 24.2 Å². The van der Waals surface area contributed by atoms with Gasteiger partial charge in [-0.2, -0.15) is 0 Å². The lowest BCUT2D eigenvalue weighted by Gasteiger charge is -2.30. The first-order valence-electron chi connectivity index (χ1n) is 7.39. The third-order valence-corrected chi connectivity index (χ3v) is 4.14. The predicted molar refractivity (Wildman–Crippen MR) is 81.3 cm³/mol. The molecule has 2 rings (SSSR count). The van der Waals surface area contributed by atoms with E-state index >= 15 is 0 Å². The fraction of sp³-hybridized carbons (Fsp3) is 0.625. The molecule has 1 aliphatic heterocycles. The maximum Gasteiger partial charge on any atom is 0.160 e. The van der Waals surface area contributed by atoms with E-state index < -0.39 is 0 Å². The van der Waals surface area contributed by atoms with E-state index in [1.807, 2.05) is 12.1 Å². The predicted octanol–water partition coefficient (Wildman–Crippen LogP) is 2.39. The van der Waals surface area contributed by atoms with Crippen LogP contribution < -0.4 is 10.1 Å². The van der Waals surface area contributed by atoms with Crippen molar-refractivity contribution in [1.82, 2.24) is 10.2 Å². The van der Waals surface area contributed by atoms with Gasteiger partial charge in [0.05, 0.1) is 7.11 Å². The molecule has 1 saturated heterocycles. The van der Waals surface area contributed by atoms with Gasteiger partial charge in [-0.15, -0.1) is 0 Å². The summed E-state index contributed by atoms with van der Waals surface area (Å²) in [7, 11) is 3.77. The monoisotopic (exact) mass is 278 g/mol. The largest absolute Gasteiger partial charge is 0.504 e. The van der Waals surface area contributed by atoms with Crippen LogP contribution in [-0.2, 0) is 0 Å². The van der Waals surface area contributed by atoms with Crippen LogP contribution in [0.3, 0.4) is 0 Å². The SMILES string of the molecule is COc1cc(C(C)NCC2CCCN(C)C2)ccc1O. The highest BCUT2D eigenvalue weighted by Crippen LogP contribution is 2.29. The van der Waals surface area contributed by atoms with Crippen LogP contribution in [0.25, 0.3) is 0 Å². The Hall–Kier alpha value is -1.26. The highest BCUT2D eigenvalue weighted by molar-refractivity contribution is 5.42. The molecule has 0 spiro atoms. The second kappa shape index (κ2) is 6.95. The van der Waals surface area contributed by atoms with Crippen molar-refractivity contribution in [3.63, 3.8) is 0 Å². The molecule has 4 heteroatoms. The Morgan fingerprint density at radius 1 is 1.50 bits per heavy atom. The zero-order valence-electron chi connectivity index (χ0n) is 12.7. The number of nitrogens with zero attached hydrogens (tertiary/aromatic N) is 1. The number of piperidine rings is 1. The lowest BCUT2D eigenvalue weighted by molar-refractivity contribution is 0.203. The molecule has 1 fully saturated rings. The van der Waals surface area contributed by atoms with Crippen molar-refractivity contribution in [2.45, 2.75) is 25.8 Å². The second-order valence-electron chi connectivity index (χ2n) is 5.83. The molecule has 2 N–H and O–H groups in total. The van der Waals surface area contributed by atoms with E-state index in [0.29, 0.717) is 5.75 Å². The molecule has 0 bridgehead atoms. The van der Waals surface area contributed by atoms with Crippen molar-refractivity contribution in [2.75, 3.05) is 33.8 Å². The normalized spacial score (nSPS) is 21.6. The van der Waals surface area contributed by atoms with Crippen LogP contribution in [0.2, 0.25) is 0 Å². The van der Waals surface area contributed by atoms with E-state index in [1.54, 1.807) is 13.2 Å². The summed E-state index contributed by atoms with van der Waals surface area (Å²) in [5, 5.41) is 13.2. The summed E-state index contributed by atoms with van der Waals surface area (Å²) < 4.78 is 5.16. The van der Waals surface area contributed by atoms with Gasteiger partial charge in [-0.05, 0) is 63.5 Å². The lowest BCUT2D eigenvalue weighted by Crippen LogP contribution is -2.37. The molecule has 20 heavy (non-hydrogen) atoms. The molecule has 1 aliphatic rings. The number of aromatic hydroxyl groups is 1. The average Bonchev–Trinajstić information content (AvgIpc) is 2.45. The van der Waals surface area contributed by atoms with Gasteiger partial charge in [0.25, 0.3) is 0 Å². The van der Waals surface area contributed by atoms with E-state index in [4.69, 9.17) is 4.74 Å². The van der Waals surface area contributed by atoms with Gasteiger partial charge in [0, 0.05) is 12.6 Å². The third kappa shape index (κ3) is 3.87. The number of ether oxygens (including phenoxy) is 1. The Morgan fingerprint density at radius 3 is 3.00 bits per heavy atom. The number of rotatable bonds is 5. The zero-order chi connectivity index (χ0) is 14.5. The van der Waals surface area contributed by atoms with Gasteiger partial charge in [0.2, 0.25) is 0 Å². The van der Waals surface area contributed by atoms with Crippen LogP contribution in [0.1, 0.15) is 31.4 Å². The molecule has 2 unspecified atom stereocenters. The molecule has 1 aromatic carbocycles. The van der Waals surface area contributed by atoms with Gasteiger partial charge < -0.3 is 20.1 Å². The molecule has 1 aromatic rings. The van der Waals surface area contributed by atoms with Gasteiger partial charge in [-0.1, -0.05) is 6.07 Å². The van der Waals surface area contributed by atoms with Crippen molar-refractivity contribution >= 4 is 0 Å². The minimum atomic E-state index is 0.192. The number of benzene rings is 1. The van der Waals surface area contributed by atoms with Crippen LogP contribution in [0.5, 0.6) is 11.5 Å². The van der Waals surface area contributed by atoms with Gasteiger partial charge >= 0.3 is 0 Å². The quantitative estimate of drug-likeness (QED) is 0.868. The highest BCUT2D eigenvalue weighted by atomic mass is 16.5. The standard InChI is InChI=1S/C16H26N2O2/c1-12(14-6-7-15(19)16(9-14)20-3)17-10-13-5-4-8-18(2)11-13/h6-7,9,12-13,17,19H,4-5,8,10-11H2,1-3H3. The van der Waals surface area contributed by atoms with Crippen molar-refractivity contribution in [3.8, 4) is 11.5 Å². The fourth-order valence-electron chi connectivity index (χ4n) is 2.86. The Morgan fingerprint density at radius 2 is 2.30 bits per heavy atom. The van der Waals surface area contributed by atoms with Gasteiger partial charge in [0.15, 0.2) is 11.5 Å². The molecule has 0 saturated carbocycles. The fourth-order valence-corrected chi connectivity index (χ4v) is 2.86. The maximum absolute atomic E-state index is 9.63. The van der Waals surface area contributed by atoms with Crippen molar-refractivity contribution < 1.29 is 9.84 Å². The van der Waals surface area contributed by atoms with Crippen LogP contribution in [-0.4, -0.2) is 43.8 Å². The Balaban J connectivity index is 1.89. The molecule has 0 aromatic heterocycles. The molecule has 2 atom stereocenters. The summed E-state index contributed by atoms with van der Waals surface area (Å²) in [6.45, 7) is 5.59. The smallest absolute Gasteiger partial charge is 0.160 e. The van der Waals surface area contributed by atoms with Crippen molar-refractivity contribution in [3.05, 3.63) is 23.8 Å². The number of phenols is 1. The Labute approximate surface area is 121 Å². The van der Waals surface area contributed by atoms with E-state index in [1.165, 1.54) is 25.9 Å². The topological polar surface area (TPSA) is 44.7 Å². The minimum Gasteiger partial charge on any atom is -0.504 e. The second-order valence-corrected chi connectivity index (χ2v) is 5.83. The van der Waals surface area contributed by atoms with Gasteiger partial charge in [-0.3, -0.25) is 0 Å². The van der Waals surface area contributed by atoms with Crippen LogP contribution in [0.15, 0.2) is 18.2 Å². The van der Waals surface area contributed by atoms with Crippen LogP contribution in [0, 0.1) is 5.92 Å². The molecule has 0 radical (unpaired) electrons. The van der Waals surface area contributed by atoms with Crippen LogP contribution in [0.4, 0.5) is 0 Å². The number of nitrogens with one attached hydrogen (secondary N) is 1. The van der Waals surface area contributed by atoms with E-state index in [0.717, 1.165) is 18.0 Å². The first kappa shape index (κ1) is 15.1. The average molecular weight is 278 g/mol. The molecule has 1 heterocycles. The van der Waals surface area contributed by atoms with E-state index in [9.17, 15) is 5.11 Å². The van der Waals surface area contributed by atoms with Gasteiger partial charge in [0.1, 0.15) is 0 Å². The van der Waals surface area contributed by atoms with E-state index in [-0.39, 0.29) is 11.8 Å². The highest BCUT2D eigenvalue weighted by Gasteiger charge is 2.18. The molecule has 0 amide bonds. The van der Waals surface area contributed by atoms with Crippen LogP contribution >= 0.6 is 0 Å². The summed E-state index contributed by atoms with van der Waals surface area (Å²) in [5.41, 5.74) is 1.14. The minimum absolute atomic E-state index is 0.192. The van der Waals surface area contributed by atoms with Crippen molar-refractivity contribution in [2.24, 2.45) is 5.92 Å². The first-order chi connectivity index (χ1) is 9.60. The summed E-state index contributed by atoms with van der Waals surface area (Å²) in [4.78, 5) is 2.41. The Kier molecular flexibility index (Phi) is 5.26.